The third-order valence-corrected chi connectivity index (χ3v) is 4.69. The molecular weight excluding hydrogens is 250 g/mol. The molecule has 4 heteroatoms. The van der Waals surface area contributed by atoms with Crippen LogP contribution >= 0.6 is 0 Å². The molecule has 0 aromatic heterocycles. The van der Waals surface area contributed by atoms with Gasteiger partial charge in [-0.15, -0.1) is 0 Å². The molecule has 1 aromatic carbocycles. The zero-order valence-corrected chi connectivity index (χ0v) is 12.1. The molecule has 3 rings (SSSR count). The van der Waals surface area contributed by atoms with Crippen LogP contribution in [-0.2, 0) is 4.79 Å². The molecule has 1 amide bonds. The van der Waals surface area contributed by atoms with E-state index in [1.165, 1.54) is 19.3 Å². The molecule has 3 N–H and O–H groups in total. The highest BCUT2D eigenvalue weighted by molar-refractivity contribution is 5.93. The Morgan fingerprint density at radius 2 is 2.05 bits per heavy atom. The third kappa shape index (κ3) is 2.80. The van der Waals surface area contributed by atoms with E-state index in [0.717, 1.165) is 41.9 Å². The number of hydrogen-bond donors (Lipinski definition) is 2. The fourth-order valence-corrected chi connectivity index (χ4v) is 3.68. The second-order valence-corrected chi connectivity index (χ2v) is 6.27. The number of hydrogen-bond acceptors (Lipinski definition) is 3. The van der Waals surface area contributed by atoms with Crippen molar-refractivity contribution in [3.05, 3.63) is 23.8 Å². The van der Waals surface area contributed by atoms with E-state index in [9.17, 15) is 4.79 Å². The van der Waals surface area contributed by atoms with Crippen LogP contribution in [0.1, 0.15) is 24.8 Å². The van der Waals surface area contributed by atoms with Gasteiger partial charge in [0.2, 0.25) is 5.91 Å². The standard InChI is InChI=1S/C16H23N3O/c1-11-7-14(17)5-6-15(11)18-16(20)10-19-8-12-3-2-4-13(12)9-19/h5-7,12-13H,2-4,8-10,17H2,1H3,(H,18,20). The maximum atomic E-state index is 12.1. The normalized spacial score (nSPS) is 25.6. The minimum Gasteiger partial charge on any atom is -0.399 e. The Kier molecular flexibility index (Phi) is 3.66. The number of benzene rings is 1. The van der Waals surface area contributed by atoms with Crippen molar-refractivity contribution in [3.63, 3.8) is 0 Å². The van der Waals surface area contributed by atoms with Crippen LogP contribution in [0, 0.1) is 18.8 Å². The number of carbonyl (C=O) groups is 1. The fraction of sp³-hybridized carbons (Fsp3) is 0.562. The summed E-state index contributed by atoms with van der Waals surface area (Å²) in [5.74, 6) is 1.75. The maximum absolute atomic E-state index is 12.1. The molecule has 108 valence electrons. The molecule has 4 nitrogen and oxygen atoms in total. The lowest BCUT2D eigenvalue weighted by Crippen LogP contribution is -2.32. The van der Waals surface area contributed by atoms with Crippen molar-refractivity contribution in [1.29, 1.82) is 0 Å². The van der Waals surface area contributed by atoms with Crippen molar-refractivity contribution in [2.24, 2.45) is 11.8 Å². The first-order valence-electron chi connectivity index (χ1n) is 7.50. The Morgan fingerprint density at radius 3 is 2.70 bits per heavy atom. The lowest BCUT2D eigenvalue weighted by Gasteiger charge is -2.17. The molecule has 20 heavy (non-hydrogen) atoms. The number of fused-ring (bicyclic) bond motifs is 1. The van der Waals surface area contributed by atoms with E-state index in [1.54, 1.807) is 0 Å². The molecule has 2 atom stereocenters. The number of carbonyl (C=O) groups excluding carboxylic acids is 1. The molecule has 1 aromatic rings. The number of aryl methyl sites for hydroxylation is 1. The average Bonchev–Trinajstić information content (AvgIpc) is 2.93. The largest absolute Gasteiger partial charge is 0.399 e. The molecule has 1 saturated heterocycles. The van der Waals surface area contributed by atoms with Gasteiger partial charge >= 0.3 is 0 Å². The number of likely N-dealkylation sites (tertiary alicyclic amines) is 1. The predicted molar refractivity (Wildman–Crippen MR) is 81.5 cm³/mol. The fourth-order valence-electron chi connectivity index (χ4n) is 3.68. The molecule has 0 radical (unpaired) electrons. The van der Waals surface area contributed by atoms with Crippen LogP contribution in [0.2, 0.25) is 0 Å². The predicted octanol–water partition coefficient (Wildman–Crippen LogP) is 2.25. The number of anilines is 2. The molecule has 1 aliphatic heterocycles. The lowest BCUT2D eigenvalue weighted by atomic mass is 10.0. The number of nitrogens with one attached hydrogen (secondary N) is 1. The molecule has 1 heterocycles. The second kappa shape index (κ2) is 5.44. The minimum absolute atomic E-state index is 0.0813. The molecule has 2 unspecified atom stereocenters. The average molecular weight is 273 g/mol. The van der Waals surface area contributed by atoms with Crippen molar-refractivity contribution in [2.45, 2.75) is 26.2 Å². The van der Waals surface area contributed by atoms with Gasteiger partial charge in [-0.25, -0.2) is 0 Å². The van der Waals surface area contributed by atoms with Gasteiger partial charge in [-0.2, -0.15) is 0 Å². The smallest absolute Gasteiger partial charge is 0.238 e. The van der Waals surface area contributed by atoms with Crippen molar-refractivity contribution in [3.8, 4) is 0 Å². The second-order valence-electron chi connectivity index (χ2n) is 6.27. The van der Waals surface area contributed by atoms with E-state index in [4.69, 9.17) is 5.73 Å². The zero-order chi connectivity index (χ0) is 14.1. The highest BCUT2D eigenvalue weighted by atomic mass is 16.2. The Hall–Kier alpha value is -1.55. The summed E-state index contributed by atoms with van der Waals surface area (Å²) < 4.78 is 0. The third-order valence-electron chi connectivity index (χ3n) is 4.69. The first-order chi connectivity index (χ1) is 9.61. The molecule has 0 spiro atoms. The summed E-state index contributed by atoms with van der Waals surface area (Å²) in [6.45, 7) is 4.67. The Balaban J connectivity index is 1.55. The van der Waals surface area contributed by atoms with Crippen LogP contribution in [0.5, 0.6) is 0 Å². The Labute approximate surface area is 120 Å². The summed E-state index contributed by atoms with van der Waals surface area (Å²) in [7, 11) is 0. The Morgan fingerprint density at radius 1 is 1.35 bits per heavy atom. The molecular formula is C16H23N3O. The number of nitrogens with zero attached hydrogens (tertiary/aromatic N) is 1. The summed E-state index contributed by atoms with van der Waals surface area (Å²) in [6.07, 6.45) is 4.07. The molecule has 2 fully saturated rings. The molecule has 2 aliphatic rings. The van der Waals surface area contributed by atoms with Gasteiger partial charge < -0.3 is 11.1 Å². The number of amides is 1. The summed E-state index contributed by atoms with van der Waals surface area (Å²) in [4.78, 5) is 14.4. The summed E-state index contributed by atoms with van der Waals surface area (Å²) in [5.41, 5.74) is 8.33. The minimum atomic E-state index is 0.0813. The van der Waals surface area contributed by atoms with E-state index < -0.39 is 0 Å². The van der Waals surface area contributed by atoms with E-state index in [-0.39, 0.29) is 5.91 Å². The first kappa shape index (κ1) is 13.4. The summed E-state index contributed by atoms with van der Waals surface area (Å²) in [6, 6.07) is 5.58. The van der Waals surface area contributed by atoms with Gasteiger partial charge in [-0.1, -0.05) is 6.42 Å². The van der Waals surface area contributed by atoms with Gasteiger partial charge in [0.25, 0.3) is 0 Å². The van der Waals surface area contributed by atoms with Gasteiger partial charge in [0.1, 0.15) is 0 Å². The Bertz CT molecular complexity index is 502. The van der Waals surface area contributed by atoms with E-state index in [1.807, 2.05) is 25.1 Å². The van der Waals surface area contributed by atoms with Crippen LogP contribution in [-0.4, -0.2) is 30.4 Å². The quantitative estimate of drug-likeness (QED) is 0.830. The summed E-state index contributed by atoms with van der Waals surface area (Å²) >= 11 is 0. The van der Waals surface area contributed by atoms with Crippen molar-refractivity contribution >= 4 is 17.3 Å². The number of rotatable bonds is 3. The topological polar surface area (TPSA) is 58.4 Å². The highest BCUT2D eigenvalue weighted by Crippen LogP contribution is 2.37. The van der Waals surface area contributed by atoms with E-state index in [2.05, 4.69) is 10.2 Å². The van der Waals surface area contributed by atoms with Crippen molar-refractivity contribution < 1.29 is 4.79 Å². The number of nitrogen functional groups attached to an aromatic ring is 1. The molecule has 0 bridgehead atoms. The maximum Gasteiger partial charge on any atom is 0.238 e. The van der Waals surface area contributed by atoms with E-state index in [0.29, 0.717) is 6.54 Å². The van der Waals surface area contributed by atoms with Crippen molar-refractivity contribution in [2.75, 3.05) is 30.7 Å². The van der Waals surface area contributed by atoms with Gasteiger partial charge in [0, 0.05) is 24.5 Å². The van der Waals surface area contributed by atoms with Gasteiger partial charge in [-0.3, -0.25) is 9.69 Å². The zero-order valence-electron chi connectivity index (χ0n) is 12.1. The van der Waals surface area contributed by atoms with Gasteiger partial charge in [0.05, 0.1) is 6.54 Å². The summed E-state index contributed by atoms with van der Waals surface area (Å²) in [5, 5.41) is 2.99. The highest BCUT2D eigenvalue weighted by Gasteiger charge is 2.36. The number of nitrogens with two attached hydrogens (primary N) is 1. The van der Waals surface area contributed by atoms with Crippen LogP contribution in [0.4, 0.5) is 11.4 Å². The van der Waals surface area contributed by atoms with Crippen LogP contribution in [0.15, 0.2) is 18.2 Å². The first-order valence-corrected chi connectivity index (χ1v) is 7.50. The van der Waals surface area contributed by atoms with Crippen LogP contribution in [0.3, 0.4) is 0 Å². The molecule has 1 aliphatic carbocycles. The van der Waals surface area contributed by atoms with Crippen LogP contribution in [0.25, 0.3) is 0 Å². The molecule has 1 saturated carbocycles. The van der Waals surface area contributed by atoms with Crippen molar-refractivity contribution in [1.82, 2.24) is 4.90 Å². The van der Waals surface area contributed by atoms with Crippen LogP contribution < -0.4 is 11.1 Å². The SMILES string of the molecule is Cc1cc(N)ccc1NC(=O)CN1CC2CCCC2C1. The van der Waals surface area contributed by atoms with E-state index >= 15 is 0 Å². The lowest BCUT2D eigenvalue weighted by molar-refractivity contribution is -0.117. The van der Waals surface area contributed by atoms with Gasteiger partial charge in [0.15, 0.2) is 0 Å². The monoisotopic (exact) mass is 273 g/mol. The van der Waals surface area contributed by atoms with Gasteiger partial charge in [-0.05, 0) is 55.4 Å².